The first kappa shape index (κ1) is 17.3. The summed E-state index contributed by atoms with van der Waals surface area (Å²) in [5, 5.41) is 1.99. The van der Waals surface area contributed by atoms with E-state index < -0.39 is 28.8 Å². The first-order valence-corrected chi connectivity index (χ1v) is 8.45. The minimum atomic E-state index is -2.30. The standard InChI is InChI=1S/C18H14ClF3N2O2/c19-12-4-3-10(13(20)14(12)21)8-24-16(25)18(22)6-5-17(9-26-17)15-11(18)2-1-7-23-15/h1-4,7H,5-6,8-9H2,(H,24,25)/t17-,18+/m1/s1. The second kappa shape index (κ2) is 5.96. The van der Waals surface area contributed by atoms with Gasteiger partial charge in [0.1, 0.15) is 5.60 Å². The van der Waals surface area contributed by atoms with Crippen LogP contribution >= 0.6 is 11.6 Å². The van der Waals surface area contributed by atoms with Crippen LogP contribution in [0.2, 0.25) is 5.02 Å². The summed E-state index contributed by atoms with van der Waals surface area (Å²) in [7, 11) is 0. The number of aromatic nitrogens is 1. The molecule has 26 heavy (non-hydrogen) atoms. The van der Waals surface area contributed by atoms with Crippen molar-refractivity contribution in [2.75, 3.05) is 6.61 Å². The Labute approximate surface area is 152 Å². The lowest BCUT2D eigenvalue weighted by atomic mass is 9.77. The summed E-state index contributed by atoms with van der Waals surface area (Å²) in [6.07, 6.45) is 1.78. The Balaban J connectivity index is 1.58. The third kappa shape index (κ3) is 2.57. The van der Waals surface area contributed by atoms with E-state index in [-0.39, 0.29) is 29.1 Å². The summed E-state index contributed by atoms with van der Waals surface area (Å²) in [5.74, 6) is -3.29. The van der Waals surface area contributed by atoms with E-state index in [1.807, 2.05) is 0 Å². The number of halogens is 4. The predicted molar refractivity (Wildman–Crippen MR) is 87.1 cm³/mol. The van der Waals surface area contributed by atoms with Gasteiger partial charge in [-0.15, -0.1) is 0 Å². The third-order valence-corrected chi connectivity index (χ3v) is 5.24. The van der Waals surface area contributed by atoms with Crippen LogP contribution in [0.4, 0.5) is 13.2 Å². The van der Waals surface area contributed by atoms with Crippen molar-refractivity contribution in [2.45, 2.75) is 30.7 Å². The molecule has 1 N–H and O–H groups in total. The molecule has 0 bridgehead atoms. The van der Waals surface area contributed by atoms with E-state index >= 15 is 4.39 Å². The number of fused-ring (bicyclic) bond motifs is 2. The molecule has 1 aliphatic carbocycles. The Morgan fingerprint density at radius 1 is 1.27 bits per heavy atom. The van der Waals surface area contributed by atoms with E-state index in [0.717, 1.165) is 0 Å². The number of pyridine rings is 1. The number of epoxide rings is 1. The van der Waals surface area contributed by atoms with Crippen LogP contribution in [0.15, 0.2) is 30.5 Å². The van der Waals surface area contributed by atoms with Gasteiger partial charge < -0.3 is 10.1 Å². The van der Waals surface area contributed by atoms with Gasteiger partial charge in [0.25, 0.3) is 5.91 Å². The minimum absolute atomic E-state index is 0.0744. The van der Waals surface area contributed by atoms with Crippen molar-refractivity contribution in [3.63, 3.8) is 0 Å². The van der Waals surface area contributed by atoms with E-state index in [0.29, 0.717) is 18.7 Å². The van der Waals surface area contributed by atoms with Crippen LogP contribution in [-0.4, -0.2) is 17.5 Å². The normalized spacial score (nSPS) is 26.5. The van der Waals surface area contributed by atoms with Crippen LogP contribution in [-0.2, 0) is 27.3 Å². The fraction of sp³-hybridized carbons (Fsp3) is 0.333. The first-order chi connectivity index (χ1) is 12.4. The highest BCUT2D eigenvalue weighted by atomic mass is 35.5. The lowest BCUT2D eigenvalue weighted by molar-refractivity contribution is -0.135. The van der Waals surface area contributed by atoms with E-state index in [2.05, 4.69) is 10.3 Å². The van der Waals surface area contributed by atoms with Gasteiger partial charge in [-0.2, -0.15) is 0 Å². The van der Waals surface area contributed by atoms with Crippen molar-refractivity contribution >= 4 is 17.5 Å². The van der Waals surface area contributed by atoms with Crippen LogP contribution in [0, 0.1) is 11.6 Å². The monoisotopic (exact) mass is 382 g/mol. The number of benzene rings is 1. The first-order valence-electron chi connectivity index (χ1n) is 8.07. The zero-order valence-electron chi connectivity index (χ0n) is 13.5. The molecule has 2 heterocycles. The van der Waals surface area contributed by atoms with Gasteiger partial charge in [0.05, 0.1) is 17.3 Å². The van der Waals surface area contributed by atoms with E-state index in [1.165, 1.54) is 24.4 Å². The Kier molecular flexibility index (Phi) is 3.96. The Bertz CT molecular complexity index is 904. The lowest BCUT2D eigenvalue weighted by Crippen LogP contribution is -2.45. The number of hydrogen-bond donors (Lipinski definition) is 1. The third-order valence-electron chi connectivity index (χ3n) is 4.95. The molecule has 2 atom stereocenters. The van der Waals surface area contributed by atoms with Crippen molar-refractivity contribution < 1.29 is 22.7 Å². The van der Waals surface area contributed by atoms with Crippen LogP contribution < -0.4 is 5.32 Å². The Morgan fingerprint density at radius 2 is 2.04 bits per heavy atom. The van der Waals surface area contributed by atoms with Gasteiger partial charge in [0.2, 0.25) is 5.67 Å². The van der Waals surface area contributed by atoms with Crippen LogP contribution in [0.1, 0.15) is 29.7 Å². The maximum atomic E-state index is 15.6. The molecule has 1 amide bonds. The molecule has 1 fully saturated rings. The van der Waals surface area contributed by atoms with Crippen molar-refractivity contribution in [1.82, 2.24) is 10.3 Å². The number of nitrogens with one attached hydrogen (secondary N) is 1. The zero-order valence-corrected chi connectivity index (χ0v) is 14.2. The molecular formula is C18H14ClF3N2O2. The van der Waals surface area contributed by atoms with Crippen molar-refractivity contribution in [1.29, 1.82) is 0 Å². The number of amides is 1. The molecule has 0 radical (unpaired) electrons. The number of rotatable bonds is 3. The molecule has 1 aromatic heterocycles. The van der Waals surface area contributed by atoms with E-state index in [9.17, 15) is 13.6 Å². The fourth-order valence-corrected chi connectivity index (χ4v) is 3.48. The summed E-state index contributed by atoms with van der Waals surface area (Å²) in [6, 6.07) is 5.49. The van der Waals surface area contributed by atoms with Gasteiger partial charge in [-0.1, -0.05) is 23.7 Å². The number of carbonyl (C=O) groups excluding carboxylic acids is 1. The number of alkyl halides is 1. The summed E-state index contributed by atoms with van der Waals surface area (Å²) >= 11 is 5.50. The topological polar surface area (TPSA) is 54.5 Å². The second-order valence-corrected chi connectivity index (χ2v) is 6.91. The van der Waals surface area contributed by atoms with Crippen molar-refractivity contribution in [3.05, 3.63) is 63.9 Å². The molecule has 0 unspecified atom stereocenters. The highest BCUT2D eigenvalue weighted by Crippen LogP contribution is 2.53. The van der Waals surface area contributed by atoms with E-state index in [4.69, 9.17) is 16.3 Å². The molecular weight excluding hydrogens is 369 g/mol. The molecule has 136 valence electrons. The average molecular weight is 383 g/mol. The molecule has 4 nitrogen and oxygen atoms in total. The van der Waals surface area contributed by atoms with Gasteiger partial charge >= 0.3 is 0 Å². The maximum Gasteiger partial charge on any atom is 0.262 e. The largest absolute Gasteiger partial charge is 0.363 e. The minimum Gasteiger partial charge on any atom is -0.363 e. The lowest BCUT2D eigenvalue weighted by Gasteiger charge is -2.33. The van der Waals surface area contributed by atoms with Gasteiger partial charge in [0.15, 0.2) is 11.6 Å². The van der Waals surface area contributed by atoms with Gasteiger partial charge in [-0.3, -0.25) is 9.78 Å². The highest BCUT2D eigenvalue weighted by Gasteiger charge is 2.58. The van der Waals surface area contributed by atoms with Gasteiger partial charge in [-0.05, 0) is 25.0 Å². The predicted octanol–water partition coefficient (Wildman–Crippen LogP) is 3.51. The molecule has 1 saturated heterocycles. The van der Waals surface area contributed by atoms with Crippen LogP contribution in [0.5, 0.6) is 0 Å². The van der Waals surface area contributed by atoms with Gasteiger partial charge in [-0.25, -0.2) is 13.2 Å². The molecule has 1 aliphatic heterocycles. The van der Waals surface area contributed by atoms with Crippen LogP contribution in [0.3, 0.4) is 0 Å². The number of ether oxygens (including phenoxy) is 1. The van der Waals surface area contributed by atoms with Crippen LogP contribution in [0.25, 0.3) is 0 Å². The smallest absolute Gasteiger partial charge is 0.262 e. The van der Waals surface area contributed by atoms with Crippen molar-refractivity contribution in [3.8, 4) is 0 Å². The molecule has 1 spiro atoms. The summed E-state index contributed by atoms with van der Waals surface area (Å²) in [6.45, 7) is 0.0889. The number of carbonyl (C=O) groups is 1. The molecule has 0 saturated carbocycles. The quantitative estimate of drug-likeness (QED) is 0.653. The van der Waals surface area contributed by atoms with E-state index in [1.54, 1.807) is 6.07 Å². The summed E-state index contributed by atoms with van der Waals surface area (Å²) in [4.78, 5) is 16.8. The maximum absolute atomic E-state index is 15.6. The highest BCUT2D eigenvalue weighted by molar-refractivity contribution is 6.30. The molecule has 2 aliphatic rings. The molecule has 8 heteroatoms. The molecule has 1 aromatic carbocycles. The molecule has 4 rings (SSSR count). The fourth-order valence-electron chi connectivity index (χ4n) is 3.34. The summed E-state index contributed by atoms with van der Waals surface area (Å²) in [5.41, 5.74) is -2.44. The number of nitrogens with zero attached hydrogens (tertiary/aromatic N) is 1. The number of hydrogen-bond acceptors (Lipinski definition) is 3. The SMILES string of the molecule is O=C(NCc1ccc(Cl)c(F)c1F)[C@]1(F)CC[C@@]2(CO2)c2ncccc21. The average Bonchev–Trinajstić information content (AvgIpc) is 3.43. The molecule has 2 aromatic rings. The van der Waals surface area contributed by atoms with Gasteiger partial charge in [0, 0.05) is 23.9 Å². The summed E-state index contributed by atoms with van der Waals surface area (Å²) < 4.78 is 48.4. The zero-order chi connectivity index (χ0) is 18.5. The Morgan fingerprint density at radius 3 is 2.77 bits per heavy atom. The second-order valence-electron chi connectivity index (χ2n) is 6.50. The Hall–Kier alpha value is -2.12. The van der Waals surface area contributed by atoms with Crippen molar-refractivity contribution in [2.24, 2.45) is 0 Å².